The molecule has 0 saturated carbocycles. The fraction of sp³-hybridized carbons (Fsp3) is 0.278. The summed E-state index contributed by atoms with van der Waals surface area (Å²) in [5.74, 6) is -0.0317. The van der Waals surface area contributed by atoms with Gasteiger partial charge in [0.1, 0.15) is 0 Å². The molecule has 1 amide bonds. The highest BCUT2D eigenvalue weighted by atomic mass is 16.1. The Hall–Kier alpha value is -2.13. The average Bonchev–Trinajstić information content (AvgIpc) is 2.88. The Morgan fingerprint density at radius 1 is 1.05 bits per heavy atom. The van der Waals surface area contributed by atoms with Gasteiger partial charge in [0.15, 0.2) is 0 Å². The first-order valence-corrected chi connectivity index (χ1v) is 7.38. The second-order valence-corrected chi connectivity index (χ2v) is 5.59. The summed E-state index contributed by atoms with van der Waals surface area (Å²) in [6.07, 6.45) is 2.16. The number of nitrogens with one attached hydrogen (secondary N) is 2. The van der Waals surface area contributed by atoms with Gasteiger partial charge in [0.05, 0.1) is 0 Å². The molecule has 0 radical (unpaired) electrons. The molecular weight excluding hydrogens is 260 g/mol. The van der Waals surface area contributed by atoms with Crippen molar-refractivity contribution in [3.05, 3.63) is 65.2 Å². The van der Waals surface area contributed by atoms with E-state index in [1.54, 1.807) is 0 Å². The number of benzene rings is 2. The molecule has 1 aliphatic rings. The van der Waals surface area contributed by atoms with E-state index < -0.39 is 0 Å². The predicted octanol–water partition coefficient (Wildman–Crippen LogP) is 2.90. The number of carbonyl (C=O) groups is 1. The van der Waals surface area contributed by atoms with E-state index in [4.69, 9.17) is 0 Å². The molecule has 0 bridgehead atoms. The van der Waals surface area contributed by atoms with Crippen LogP contribution in [-0.2, 0) is 24.2 Å². The van der Waals surface area contributed by atoms with Crippen LogP contribution in [0.3, 0.4) is 0 Å². The van der Waals surface area contributed by atoms with Gasteiger partial charge in [-0.05, 0) is 35.6 Å². The molecular formula is C18H20N2O. The van der Waals surface area contributed by atoms with Gasteiger partial charge in [-0.15, -0.1) is 0 Å². The fourth-order valence-electron chi connectivity index (χ4n) is 2.94. The van der Waals surface area contributed by atoms with Crippen LogP contribution < -0.4 is 10.6 Å². The number of hydrogen-bond acceptors (Lipinski definition) is 2. The molecule has 2 N–H and O–H groups in total. The summed E-state index contributed by atoms with van der Waals surface area (Å²) in [6, 6.07) is 17.1. The van der Waals surface area contributed by atoms with E-state index in [-0.39, 0.29) is 5.91 Å². The molecule has 3 rings (SSSR count). The van der Waals surface area contributed by atoms with Gasteiger partial charge in [-0.2, -0.15) is 0 Å². The van der Waals surface area contributed by atoms with Crippen molar-refractivity contribution in [3.8, 4) is 0 Å². The lowest BCUT2D eigenvalue weighted by Gasteiger charge is -2.15. The van der Waals surface area contributed by atoms with E-state index in [9.17, 15) is 4.79 Å². The quantitative estimate of drug-likeness (QED) is 0.904. The lowest BCUT2D eigenvalue weighted by Crippen LogP contribution is -2.29. The number of anilines is 1. The molecule has 3 nitrogen and oxygen atoms in total. The molecule has 0 heterocycles. The largest absolute Gasteiger partial charge is 0.326 e. The van der Waals surface area contributed by atoms with Gasteiger partial charge in [-0.1, -0.05) is 42.5 Å². The lowest BCUT2D eigenvalue weighted by molar-refractivity contribution is -0.114. The summed E-state index contributed by atoms with van der Waals surface area (Å²) < 4.78 is 0. The highest BCUT2D eigenvalue weighted by Crippen LogP contribution is 2.22. The van der Waals surface area contributed by atoms with Crippen LogP contribution in [0.1, 0.15) is 23.6 Å². The zero-order valence-electron chi connectivity index (χ0n) is 12.2. The lowest BCUT2D eigenvalue weighted by atomic mass is 10.1. The van der Waals surface area contributed by atoms with Crippen LogP contribution in [0.2, 0.25) is 0 Å². The number of amides is 1. The minimum atomic E-state index is -0.0317. The van der Waals surface area contributed by atoms with Gasteiger partial charge in [0.2, 0.25) is 5.91 Å². The number of carbonyl (C=O) groups excluding carboxylic acids is 1. The molecule has 108 valence electrons. The molecule has 0 unspecified atom stereocenters. The first-order valence-electron chi connectivity index (χ1n) is 7.38. The molecule has 3 heteroatoms. The monoisotopic (exact) mass is 280 g/mol. The van der Waals surface area contributed by atoms with Crippen LogP contribution in [0.4, 0.5) is 5.69 Å². The molecule has 2 aromatic carbocycles. The molecule has 0 aliphatic heterocycles. The van der Waals surface area contributed by atoms with Crippen molar-refractivity contribution in [3.63, 3.8) is 0 Å². The number of rotatable bonds is 4. The molecule has 0 aromatic heterocycles. The van der Waals surface area contributed by atoms with Crippen LogP contribution >= 0.6 is 0 Å². The summed E-state index contributed by atoms with van der Waals surface area (Å²) in [5.41, 5.74) is 4.92. The maximum absolute atomic E-state index is 11.2. The topological polar surface area (TPSA) is 41.1 Å². The zero-order chi connectivity index (χ0) is 14.7. The first-order chi connectivity index (χ1) is 10.2. The molecule has 2 aromatic rings. The number of hydrogen-bond donors (Lipinski definition) is 2. The van der Waals surface area contributed by atoms with E-state index in [0.717, 1.165) is 30.6 Å². The van der Waals surface area contributed by atoms with Crippen molar-refractivity contribution < 1.29 is 4.79 Å². The highest BCUT2D eigenvalue weighted by molar-refractivity contribution is 5.89. The van der Waals surface area contributed by atoms with Gasteiger partial charge in [-0.3, -0.25) is 4.79 Å². The third-order valence-electron chi connectivity index (χ3n) is 3.96. The number of para-hydroxylation sites is 1. The van der Waals surface area contributed by atoms with Crippen LogP contribution in [0, 0.1) is 0 Å². The Labute approximate surface area is 125 Å². The van der Waals surface area contributed by atoms with Crippen molar-refractivity contribution in [1.82, 2.24) is 5.32 Å². The van der Waals surface area contributed by atoms with Crippen molar-refractivity contribution in [2.45, 2.75) is 32.4 Å². The van der Waals surface area contributed by atoms with E-state index in [1.807, 2.05) is 18.2 Å². The van der Waals surface area contributed by atoms with Crippen molar-refractivity contribution >= 4 is 11.6 Å². The molecule has 0 saturated heterocycles. The van der Waals surface area contributed by atoms with Crippen LogP contribution in [0.15, 0.2) is 48.5 Å². The normalized spacial score (nSPS) is 14.0. The van der Waals surface area contributed by atoms with Crippen molar-refractivity contribution in [2.24, 2.45) is 0 Å². The molecule has 0 spiro atoms. The molecule has 0 fully saturated rings. The Morgan fingerprint density at radius 3 is 2.33 bits per heavy atom. The minimum Gasteiger partial charge on any atom is -0.326 e. The Balaban J connectivity index is 1.63. The highest BCUT2D eigenvalue weighted by Gasteiger charge is 2.20. The first kappa shape index (κ1) is 13.8. The maximum Gasteiger partial charge on any atom is 0.221 e. The SMILES string of the molecule is CC(=O)Nc1ccccc1CNC1Cc2ccccc2C1. The van der Waals surface area contributed by atoms with Crippen molar-refractivity contribution in [2.75, 3.05) is 5.32 Å². The summed E-state index contributed by atoms with van der Waals surface area (Å²) >= 11 is 0. The van der Waals surface area contributed by atoms with E-state index in [2.05, 4.69) is 41.0 Å². The fourth-order valence-corrected chi connectivity index (χ4v) is 2.94. The van der Waals surface area contributed by atoms with Gasteiger partial charge >= 0.3 is 0 Å². The summed E-state index contributed by atoms with van der Waals surface area (Å²) in [4.78, 5) is 11.2. The second-order valence-electron chi connectivity index (χ2n) is 5.59. The summed E-state index contributed by atoms with van der Waals surface area (Å²) in [5, 5.41) is 6.49. The smallest absolute Gasteiger partial charge is 0.221 e. The maximum atomic E-state index is 11.2. The minimum absolute atomic E-state index is 0.0317. The van der Waals surface area contributed by atoms with Crippen LogP contribution in [-0.4, -0.2) is 11.9 Å². The average molecular weight is 280 g/mol. The molecule has 21 heavy (non-hydrogen) atoms. The van der Waals surface area contributed by atoms with E-state index in [0.29, 0.717) is 6.04 Å². The van der Waals surface area contributed by atoms with Gasteiger partial charge in [-0.25, -0.2) is 0 Å². The zero-order valence-corrected chi connectivity index (χ0v) is 12.2. The molecule has 0 atom stereocenters. The van der Waals surface area contributed by atoms with Crippen molar-refractivity contribution in [1.29, 1.82) is 0 Å². The van der Waals surface area contributed by atoms with E-state index >= 15 is 0 Å². The Kier molecular flexibility index (Phi) is 4.02. The van der Waals surface area contributed by atoms with Gasteiger partial charge in [0.25, 0.3) is 0 Å². The predicted molar refractivity (Wildman–Crippen MR) is 85.2 cm³/mol. The summed E-state index contributed by atoms with van der Waals surface area (Å²) in [7, 11) is 0. The Bertz CT molecular complexity index is 626. The third-order valence-corrected chi connectivity index (χ3v) is 3.96. The van der Waals surface area contributed by atoms with Crippen LogP contribution in [0.5, 0.6) is 0 Å². The summed E-state index contributed by atoms with van der Waals surface area (Å²) in [6.45, 7) is 2.31. The third kappa shape index (κ3) is 3.31. The second kappa shape index (κ2) is 6.10. The van der Waals surface area contributed by atoms with Gasteiger partial charge < -0.3 is 10.6 Å². The molecule has 1 aliphatic carbocycles. The van der Waals surface area contributed by atoms with Gasteiger partial charge in [0, 0.05) is 25.2 Å². The number of fused-ring (bicyclic) bond motifs is 1. The Morgan fingerprint density at radius 2 is 1.67 bits per heavy atom. The standard InChI is InChI=1S/C18H20N2O/c1-13(21)20-18-9-5-4-8-16(18)12-19-17-10-14-6-2-3-7-15(14)11-17/h2-9,17,19H,10-12H2,1H3,(H,20,21). The van der Waals surface area contributed by atoms with Crippen LogP contribution in [0.25, 0.3) is 0 Å². The van der Waals surface area contributed by atoms with E-state index in [1.165, 1.54) is 18.1 Å².